The molecule has 90 valence electrons. The third kappa shape index (κ3) is 1.86. The van der Waals surface area contributed by atoms with Gasteiger partial charge in [-0.2, -0.15) is 0 Å². The lowest BCUT2D eigenvalue weighted by atomic mass is 9.93. The molecule has 1 atom stereocenters. The fourth-order valence-electron chi connectivity index (χ4n) is 2.72. The molecule has 1 saturated heterocycles. The second kappa shape index (κ2) is 4.31. The molecule has 0 radical (unpaired) electrons. The summed E-state index contributed by atoms with van der Waals surface area (Å²) in [6.07, 6.45) is 5.30. The fraction of sp³-hybridized carbons (Fsp3) is 0.818. The Labute approximate surface area is 95.0 Å². The van der Waals surface area contributed by atoms with Gasteiger partial charge in [0.15, 0.2) is 0 Å². The van der Waals surface area contributed by atoms with Crippen LogP contribution < -0.4 is 0 Å². The van der Waals surface area contributed by atoms with Gasteiger partial charge in [-0.15, -0.1) is 0 Å². The second-order valence-electron chi connectivity index (χ2n) is 4.72. The summed E-state index contributed by atoms with van der Waals surface area (Å²) in [5.41, 5.74) is 0. The van der Waals surface area contributed by atoms with E-state index in [1.165, 1.54) is 11.3 Å². The lowest BCUT2D eigenvalue weighted by molar-refractivity contribution is -0.142. The molecular weight excluding hydrogens is 208 g/mol. The molecule has 2 fully saturated rings. The maximum Gasteiger partial charge on any atom is 0.328 e. The molecule has 0 aromatic carbocycles. The number of rotatable bonds is 2. The van der Waals surface area contributed by atoms with Crippen LogP contribution in [0.3, 0.4) is 0 Å². The van der Waals surface area contributed by atoms with Crippen LogP contribution in [0.5, 0.6) is 0 Å². The minimum atomic E-state index is -0.886. The summed E-state index contributed by atoms with van der Waals surface area (Å²) in [6, 6.07) is -0.646. The molecule has 5 nitrogen and oxygen atoms in total. The SMILES string of the molecule is CN1CC(C(=O)O)N(C2CCCCC2)C1=O. The molecule has 5 heteroatoms. The number of urea groups is 1. The zero-order chi connectivity index (χ0) is 11.7. The van der Waals surface area contributed by atoms with Crippen molar-refractivity contribution in [2.24, 2.45) is 0 Å². The first-order chi connectivity index (χ1) is 7.61. The van der Waals surface area contributed by atoms with Gasteiger partial charge in [0.1, 0.15) is 6.04 Å². The van der Waals surface area contributed by atoms with Gasteiger partial charge in [0.25, 0.3) is 0 Å². The van der Waals surface area contributed by atoms with Crippen LogP contribution in [-0.2, 0) is 4.79 Å². The molecule has 2 amide bonds. The summed E-state index contributed by atoms with van der Waals surface area (Å²) in [4.78, 5) is 26.1. The highest BCUT2D eigenvalue weighted by molar-refractivity contribution is 5.86. The minimum absolute atomic E-state index is 0.126. The van der Waals surface area contributed by atoms with Gasteiger partial charge in [-0.3, -0.25) is 0 Å². The molecule has 1 unspecified atom stereocenters. The first-order valence-electron chi connectivity index (χ1n) is 5.87. The number of carboxylic acids is 1. The van der Waals surface area contributed by atoms with E-state index in [4.69, 9.17) is 5.11 Å². The van der Waals surface area contributed by atoms with E-state index < -0.39 is 12.0 Å². The Bertz CT molecular complexity index is 300. The van der Waals surface area contributed by atoms with Crippen LogP contribution in [0.4, 0.5) is 4.79 Å². The number of amides is 2. The van der Waals surface area contributed by atoms with Gasteiger partial charge in [-0.05, 0) is 12.8 Å². The van der Waals surface area contributed by atoms with Gasteiger partial charge < -0.3 is 14.9 Å². The Balaban J connectivity index is 2.14. The van der Waals surface area contributed by atoms with Crippen molar-refractivity contribution in [1.82, 2.24) is 9.80 Å². The Morgan fingerprint density at radius 3 is 2.50 bits per heavy atom. The van der Waals surface area contributed by atoms with Crippen molar-refractivity contribution in [3.8, 4) is 0 Å². The Hall–Kier alpha value is -1.26. The van der Waals surface area contributed by atoms with Crippen molar-refractivity contribution >= 4 is 12.0 Å². The quantitative estimate of drug-likeness (QED) is 0.768. The van der Waals surface area contributed by atoms with Crippen LogP contribution in [-0.4, -0.2) is 52.6 Å². The van der Waals surface area contributed by atoms with Crippen molar-refractivity contribution in [1.29, 1.82) is 0 Å². The zero-order valence-electron chi connectivity index (χ0n) is 9.56. The van der Waals surface area contributed by atoms with Crippen LogP contribution in [0.25, 0.3) is 0 Å². The molecule has 2 aliphatic rings. The summed E-state index contributed by atoms with van der Waals surface area (Å²) in [5, 5.41) is 9.13. The average Bonchev–Trinajstić information content (AvgIpc) is 2.57. The summed E-state index contributed by atoms with van der Waals surface area (Å²) in [5.74, 6) is -0.886. The Morgan fingerprint density at radius 2 is 1.94 bits per heavy atom. The molecule has 1 aliphatic carbocycles. The van der Waals surface area contributed by atoms with E-state index in [9.17, 15) is 9.59 Å². The van der Waals surface area contributed by atoms with Crippen LogP contribution in [0.2, 0.25) is 0 Å². The van der Waals surface area contributed by atoms with Crippen molar-refractivity contribution in [2.45, 2.75) is 44.2 Å². The minimum Gasteiger partial charge on any atom is -0.480 e. The van der Waals surface area contributed by atoms with Crippen molar-refractivity contribution in [3.05, 3.63) is 0 Å². The number of likely N-dealkylation sites (N-methyl/N-ethyl adjacent to an activating group) is 1. The maximum atomic E-state index is 11.9. The lowest BCUT2D eigenvalue weighted by Crippen LogP contribution is -2.47. The molecule has 0 bridgehead atoms. The number of carbonyl (C=O) groups excluding carboxylic acids is 1. The highest BCUT2D eigenvalue weighted by Gasteiger charge is 2.43. The molecule has 1 N–H and O–H groups in total. The van der Waals surface area contributed by atoms with E-state index in [-0.39, 0.29) is 12.1 Å². The summed E-state index contributed by atoms with van der Waals surface area (Å²) >= 11 is 0. The van der Waals surface area contributed by atoms with Gasteiger partial charge in [-0.25, -0.2) is 9.59 Å². The highest BCUT2D eigenvalue weighted by Crippen LogP contribution is 2.28. The maximum absolute atomic E-state index is 11.9. The van der Waals surface area contributed by atoms with E-state index in [1.54, 1.807) is 11.9 Å². The molecule has 1 heterocycles. The van der Waals surface area contributed by atoms with E-state index >= 15 is 0 Å². The fourth-order valence-corrected chi connectivity index (χ4v) is 2.72. The molecule has 0 spiro atoms. The van der Waals surface area contributed by atoms with Crippen molar-refractivity contribution < 1.29 is 14.7 Å². The van der Waals surface area contributed by atoms with E-state index in [0.717, 1.165) is 25.7 Å². The number of nitrogens with zero attached hydrogens (tertiary/aromatic N) is 2. The van der Waals surface area contributed by atoms with Crippen LogP contribution in [0.1, 0.15) is 32.1 Å². The molecule has 2 rings (SSSR count). The molecular formula is C11H18N2O3. The second-order valence-corrected chi connectivity index (χ2v) is 4.72. The number of aliphatic carboxylic acids is 1. The largest absolute Gasteiger partial charge is 0.480 e. The summed E-state index contributed by atoms with van der Waals surface area (Å²) in [7, 11) is 1.67. The number of carboxylic acid groups (broad SMARTS) is 1. The van der Waals surface area contributed by atoms with E-state index in [2.05, 4.69) is 0 Å². The first kappa shape index (κ1) is 11.2. The Kier molecular flexibility index (Phi) is 3.03. The predicted molar refractivity (Wildman–Crippen MR) is 58.2 cm³/mol. The topological polar surface area (TPSA) is 60.9 Å². The number of hydrogen-bond donors (Lipinski definition) is 1. The normalized spacial score (nSPS) is 27.6. The molecule has 0 aromatic heterocycles. The predicted octanol–water partition coefficient (Wildman–Crippen LogP) is 1.14. The number of hydrogen-bond acceptors (Lipinski definition) is 2. The van der Waals surface area contributed by atoms with Crippen molar-refractivity contribution in [2.75, 3.05) is 13.6 Å². The first-order valence-corrected chi connectivity index (χ1v) is 5.87. The molecule has 16 heavy (non-hydrogen) atoms. The Morgan fingerprint density at radius 1 is 1.31 bits per heavy atom. The van der Waals surface area contributed by atoms with Gasteiger partial charge in [0.05, 0.1) is 6.54 Å². The lowest BCUT2D eigenvalue weighted by Gasteiger charge is -2.32. The molecule has 1 saturated carbocycles. The van der Waals surface area contributed by atoms with Gasteiger partial charge in [-0.1, -0.05) is 19.3 Å². The van der Waals surface area contributed by atoms with Gasteiger partial charge >= 0.3 is 12.0 Å². The van der Waals surface area contributed by atoms with Crippen LogP contribution in [0, 0.1) is 0 Å². The molecule has 1 aliphatic heterocycles. The van der Waals surface area contributed by atoms with Gasteiger partial charge in [0, 0.05) is 13.1 Å². The summed E-state index contributed by atoms with van der Waals surface area (Å²) in [6.45, 7) is 0.310. The highest BCUT2D eigenvalue weighted by atomic mass is 16.4. The van der Waals surface area contributed by atoms with Crippen LogP contribution in [0.15, 0.2) is 0 Å². The van der Waals surface area contributed by atoms with E-state index in [1.807, 2.05) is 0 Å². The monoisotopic (exact) mass is 226 g/mol. The third-order valence-electron chi connectivity index (χ3n) is 3.58. The molecule has 0 aromatic rings. The third-order valence-corrected chi connectivity index (χ3v) is 3.58. The number of carbonyl (C=O) groups is 2. The standard InChI is InChI=1S/C11H18N2O3/c1-12-7-9(10(14)15)13(11(12)16)8-5-3-2-4-6-8/h8-9H,2-7H2,1H3,(H,14,15). The van der Waals surface area contributed by atoms with Crippen molar-refractivity contribution in [3.63, 3.8) is 0 Å². The van der Waals surface area contributed by atoms with Crippen LogP contribution >= 0.6 is 0 Å². The van der Waals surface area contributed by atoms with Gasteiger partial charge in [0.2, 0.25) is 0 Å². The van der Waals surface area contributed by atoms with E-state index in [0.29, 0.717) is 6.54 Å². The summed E-state index contributed by atoms with van der Waals surface area (Å²) < 4.78 is 0. The average molecular weight is 226 g/mol. The zero-order valence-corrected chi connectivity index (χ0v) is 9.56. The smallest absolute Gasteiger partial charge is 0.328 e.